The molecule has 2 aromatic carbocycles. The molecule has 98 valence electrons. The van der Waals surface area contributed by atoms with E-state index in [0.29, 0.717) is 5.69 Å². The first kappa shape index (κ1) is 13.5. The highest BCUT2D eigenvalue weighted by Crippen LogP contribution is 2.31. The fourth-order valence-electron chi connectivity index (χ4n) is 1.71. The Morgan fingerprint density at radius 3 is 2.63 bits per heavy atom. The lowest BCUT2D eigenvalue weighted by Crippen LogP contribution is -2.05. The van der Waals surface area contributed by atoms with Crippen molar-refractivity contribution in [2.75, 3.05) is 5.32 Å². The Morgan fingerprint density at radius 1 is 1.26 bits per heavy atom. The van der Waals surface area contributed by atoms with Crippen LogP contribution in [0.4, 0.5) is 15.8 Å². The van der Waals surface area contributed by atoms with Gasteiger partial charge >= 0.3 is 5.97 Å². The lowest BCUT2D eigenvalue weighted by Gasteiger charge is -2.13. The summed E-state index contributed by atoms with van der Waals surface area (Å²) in [6, 6.07) is 9.40. The molecule has 0 aliphatic heterocycles. The van der Waals surface area contributed by atoms with Gasteiger partial charge in [-0.2, -0.15) is 0 Å². The van der Waals surface area contributed by atoms with Crippen LogP contribution in [0.25, 0.3) is 0 Å². The Labute approximate surface area is 118 Å². The van der Waals surface area contributed by atoms with Gasteiger partial charge < -0.3 is 10.4 Å². The summed E-state index contributed by atoms with van der Waals surface area (Å²) < 4.78 is 14.6. The number of para-hydroxylation sites is 1. The van der Waals surface area contributed by atoms with Crippen LogP contribution in [0.15, 0.2) is 40.9 Å². The number of carboxylic acids is 1. The Morgan fingerprint density at radius 2 is 1.95 bits per heavy atom. The first-order chi connectivity index (χ1) is 9.00. The molecule has 0 heterocycles. The second-order valence-corrected chi connectivity index (χ2v) is 4.82. The summed E-state index contributed by atoms with van der Waals surface area (Å²) in [6.07, 6.45) is 0. The molecule has 0 spiro atoms. The topological polar surface area (TPSA) is 49.3 Å². The van der Waals surface area contributed by atoms with E-state index in [1.165, 1.54) is 18.2 Å². The largest absolute Gasteiger partial charge is 0.478 e. The SMILES string of the molecule is Cc1cccc(Nc2c(F)cccc2C(=O)O)c1Br. The molecule has 0 saturated carbocycles. The molecule has 0 saturated heterocycles. The number of carboxylic acid groups (broad SMARTS) is 1. The average molecular weight is 324 g/mol. The first-order valence-electron chi connectivity index (χ1n) is 5.54. The van der Waals surface area contributed by atoms with Gasteiger partial charge in [0.1, 0.15) is 5.82 Å². The second-order valence-electron chi connectivity index (χ2n) is 4.03. The summed E-state index contributed by atoms with van der Waals surface area (Å²) in [7, 11) is 0. The number of carbonyl (C=O) groups is 1. The minimum atomic E-state index is -1.18. The Balaban J connectivity index is 2.49. The normalized spacial score (nSPS) is 10.3. The number of hydrogen-bond donors (Lipinski definition) is 2. The van der Waals surface area contributed by atoms with Crippen LogP contribution < -0.4 is 5.32 Å². The zero-order valence-electron chi connectivity index (χ0n) is 10.1. The fourth-order valence-corrected chi connectivity index (χ4v) is 2.07. The molecular weight excluding hydrogens is 313 g/mol. The van der Waals surface area contributed by atoms with Crippen molar-refractivity contribution < 1.29 is 14.3 Å². The quantitative estimate of drug-likeness (QED) is 0.883. The average Bonchev–Trinajstić information content (AvgIpc) is 2.36. The lowest BCUT2D eigenvalue weighted by molar-refractivity contribution is 0.0697. The van der Waals surface area contributed by atoms with Crippen LogP contribution >= 0.6 is 15.9 Å². The molecule has 0 amide bonds. The van der Waals surface area contributed by atoms with Gasteiger partial charge in [0.25, 0.3) is 0 Å². The monoisotopic (exact) mass is 323 g/mol. The molecule has 2 N–H and O–H groups in total. The number of benzene rings is 2. The summed E-state index contributed by atoms with van der Waals surface area (Å²) in [5.41, 5.74) is 1.44. The standard InChI is InChI=1S/C14H11BrFNO2/c1-8-4-2-7-11(12(8)15)17-13-9(14(18)19)5-3-6-10(13)16/h2-7,17H,1H3,(H,18,19). The highest BCUT2D eigenvalue weighted by atomic mass is 79.9. The summed E-state index contributed by atoms with van der Waals surface area (Å²) >= 11 is 3.39. The summed E-state index contributed by atoms with van der Waals surface area (Å²) in [6.45, 7) is 1.90. The lowest BCUT2D eigenvalue weighted by atomic mass is 10.1. The van der Waals surface area contributed by atoms with Gasteiger partial charge in [0, 0.05) is 4.47 Å². The van der Waals surface area contributed by atoms with Gasteiger partial charge in [-0.15, -0.1) is 0 Å². The van der Waals surface area contributed by atoms with E-state index in [1.54, 1.807) is 6.07 Å². The van der Waals surface area contributed by atoms with Crippen molar-refractivity contribution in [3.8, 4) is 0 Å². The van der Waals surface area contributed by atoms with Gasteiger partial charge in [-0.25, -0.2) is 9.18 Å². The number of anilines is 2. The minimum absolute atomic E-state index is 0.0405. The van der Waals surface area contributed by atoms with Gasteiger partial charge in [-0.3, -0.25) is 0 Å². The maximum atomic E-state index is 13.8. The van der Waals surface area contributed by atoms with Crippen LogP contribution in [-0.2, 0) is 0 Å². The van der Waals surface area contributed by atoms with Crippen molar-refractivity contribution in [1.82, 2.24) is 0 Å². The maximum Gasteiger partial charge on any atom is 0.337 e. The highest BCUT2D eigenvalue weighted by molar-refractivity contribution is 9.10. The molecule has 5 heteroatoms. The van der Waals surface area contributed by atoms with Gasteiger partial charge in [0.05, 0.1) is 16.9 Å². The van der Waals surface area contributed by atoms with E-state index in [4.69, 9.17) is 5.11 Å². The van der Waals surface area contributed by atoms with Gasteiger partial charge in [0.15, 0.2) is 0 Å². The molecule has 2 aromatic rings. The van der Waals surface area contributed by atoms with Crippen molar-refractivity contribution in [2.45, 2.75) is 6.92 Å². The summed E-state index contributed by atoms with van der Waals surface area (Å²) in [5.74, 6) is -1.78. The Kier molecular flexibility index (Phi) is 3.85. The number of aryl methyl sites for hydroxylation is 1. The van der Waals surface area contributed by atoms with E-state index >= 15 is 0 Å². The molecule has 3 nitrogen and oxygen atoms in total. The third-order valence-electron chi connectivity index (χ3n) is 2.70. The summed E-state index contributed by atoms with van der Waals surface area (Å²) in [4.78, 5) is 11.1. The predicted molar refractivity (Wildman–Crippen MR) is 75.5 cm³/mol. The molecule has 0 radical (unpaired) electrons. The number of hydrogen-bond acceptors (Lipinski definition) is 2. The van der Waals surface area contributed by atoms with Gasteiger partial charge in [0.2, 0.25) is 0 Å². The smallest absolute Gasteiger partial charge is 0.337 e. The number of halogens is 2. The van der Waals surface area contributed by atoms with Crippen LogP contribution in [0.3, 0.4) is 0 Å². The molecule has 0 aliphatic rings. The third kappa shape index (κ3) is 2.76. The number of nitrogens with one attached hydrogen (secondary N) is 1. The molecule has 2 rings (SSSR count). The Bertz CT molecular complexity index is 643. The fraction of sp³-hybridized carbons (Fsp3) is 0.0714. The van der Waals surface area contributed by atoms with Crippen LogP contribution in [0, 0.1) is 12.7 Å². The first-order valence-corrected chi connectivity index (χ1v) is 6.34. The molecule has 0 fully saturated rings. The van der Waals surface area contributed by atoms with E-state index < -0.39 is 11.8 Å². The van der Waals surface area contributed by atoms with Crippen molar-refractivity contribution in [2.24, 2.45) is 0 Å². The zero-order chi connectivity index (χ0) is 14.0. The molecule has 0 atom stereocenters. The van der Waals surface area contributed by atoms with E-state index in [2.05, 4.69) is 21.2 Å². The van der Waals surface area contributed by atoms with Crippen LogP contribution in [-0.4, -0.2) is 11.1 Å². The van der Waals surface area contributed by atoms with E-state index in [0.717, 1.165) is 10.0 Å². The molecule has 0 aromatic heterocycles. The van der Waals surface area contributed by atoms with Crippen LogP contribution in [0.1, 0.15) is 15.9 Å². The van der Waals surface area contributed by atoms with E-state index in [-0.39, 0.29) is 11.3 Å². The van der Waals surface area contributed by atoms with E-state index in [9.17, 15) is 9.18 Å². The van der Waals surface area contributed by atoms with E-state index in [1.807, 2.05) is 19.1 Å². The van der Waals surface area contributed by atoms with Crippen LogP contribution in [0.2, 0.25) is 0 Å². The molecular formula is C14H11BrFNO2. The number of aromatic carboxylic acids is 1. The van der Waals surface area contributed by atoms with Crippen molar-refractivity contribution in [3.05, 3.63) is 57.8 Å². The van der Waals surface area contributed by atoms with Crippen molar-refractivity contribution in [3.63, 3.8) is 0 Å². The third-order valence-corrected chi connectivity index (χ3v) is 3.75. The predicted octanol–water partition coefficient (Wildman–Crippen LogP) is 4.34. The highest BCUT2D eigenvalue weighted by Gasteiger charge is 2.15. The zero-order valence-corrected chi connectivity index (χ0v) is 11.7. The van der Waals surface area contributed by atoms with Crippen molar-refractivity contribution >= 4 is 33.3 Å². The van der Waals surface area contributed by atoms with Crippen LogP contribution in [0.5, 0.6) is 0 Å². The molecule has 0 bridgehead atoms. The number of rotatable bonds is 3. The minimum Gasteiger partial charge on any atom is -0.478 e. The summed E-state index contributed by atoms with van der Waals surface area (Å²) in [5, 5.41) is 11.9. The molecule has 0 unspecified atom stereocenters. The van der Waals surface area contributed by atoms with Crippen molar-refractivity contribution in [1.29, 1.82) is 0 Å². The second kappa shape index (κ2) is 5.40. The maximum absolute atomic E-state index is 13.8. The van der Waals surface area contributed by atoms with Gasteiger partial charge in [-0.1, -0.05) is 18.2 Å². The Hall–Kier alpha value is -1.88. The molecule has 19 heavy (non-hydrogen) atoms. The van der Waals surface area contributed by atoms with Gasteiger partial charge in [-0.05, 0) is 46.6 Å². The molecule has 0 aliphatic carbocycles.